The fraction of sp³-hybridized carbons (Fsp3) is 0.200. The van der Waals surface area contributed by atoms with E-state index in [0.29, 0.717) is 26.7 Å². The Bertz CT molecular complexity index is 561. The van der Waals surface area contributed by atoms with Crippen molar-refractivity contribution in [1.29, 1.82) is 0 Å². The van der Waals surface area contributed by atoms with Gasteiger partial charge in [0, 0.05) is 6.61 Å². The normalized spacial score (nSPS) is 11.1. The molecule has 0 radical (unpaired) electrons. The maximum Gasteiger partial charge on any atom is 0.108 e. The fourth-order valence-electron chi connectivity index (χ4n) is 1.90. The van der Waals surface area contributed by atoms with Crippen LogP contribution in [0.25, 0.3) is 0 Å². The zero-order valence-corrected chi connectivity index (χ0v) is 13.7. The molecule has 0 aromatic heterocycles. The monoisotopic (exact) mass is 348 g/mol. The third-order valence-corrected chi connectivity index (χ3v) is 4.30. The van der Waals surface area contributed by atoms with Gasteiger partial charge in [0.2, 0.25) is 0 Å². The first-order valence-electron chi connectivity index (χ1n) is 6.04. The van der Waals surface area contributed by atoms with E-state index in [0.717, 1.165) is 11.1 Å². The van der Waals surface area contributed by atoms with E-state index in [4.69, 9.17) is 51.1 Å². The van der Waals surface area contributed by atoms with Crippen LogP contribution in [-0.4, -0.2) is 6.61 Å². The fourth-order valence-corrected chi connectivity index (χ4v) is 2.52. The summed E-state index contributed by atoms with van der Waals surface area (Å²) in [6.45, 7) is 2.49. The summed E-state index contributed by atoms with van der Waals surface area (Å²) in [5, 5.41) is 2.02. The van der Waals surface area contributed by atoms with Crippen LogP contribution in [0, 0.1) is 0 Å². The average Bonchev–Trinajstić information content (AvgIpc) is 2.43. The van der Waals surface area contributed by atoms with Gasteiger partial charge in [0.1, 0.15) is 6.10 Å². The molecule has 0 unspecified atom stereocenters. The number of hydrogen-bond donors (Lipinski definition) is 0. The lowest BCUT2D eigenvalue weighted by atomic mass is 10.0. The Kier molecular flexibility index (Phi) is 5.59. The van der Waals surface area contributed by atoms with E-state index in [1.807, 2.05) is 19.1 Å². The summed E-state index contributed by atoms with van der Waals surface area (Å²) in [7, 11) is 0. The highest BCUT2D eigenvalue weighted by Gasteiger charge is 2.16. The van der Waals surface area contributed by atoms with Crippen molar-refractivity contribution in [3.05, 3.63) is 67.6 Å². The molecule has 2 rings (SSSR count). The van der Waals surface area contributed by atoms with Crippen LogP contribution in [0.4, 0.5) is 0 Å². The molecule has 0 saturated carbocycles. The second-order valence-corrected chi connectivity index (χ2v) is 5.81. The van der Waals surface area contributed by atoms with Crippen molar-refractivity contribution in [2.45, 2.75) is 13.0 Å². The maximum absolute atomic E-state index is 6.07. The van der Waals surface area contributed by atoms with Crippen LogP contribution in [0.5, 0.6) is 0 Å². The molecule has 5 heteroatoms. The number of rotatable bonds is 4. The molecule has 0 atom stereocenters. The predicted molar refractivity (Wildman–Crippen MR) is 86.4 cm³/mol. The molecular weight excluding hydrogens is 338 g/mol. The van der Waals surface area contributed by atoms with E-state index >= 15 is 0 Å². The minimum absolute atomic E-state index is 0.260. The van der Waals surface area contributed by atoms with Crippen molar-refractivity contribution in [2.75, 3.05) is 6.61 Å². The van der Waals surface area contributed by atoms with Crippen molar-refractivity contribution in [3.8, 4) is 0 Å². The highest BCUT2D eigenvalue weighted by atomic mass is 35.5. The van der Waals surface area contributed by atoms with Crippen LogP contribution in [-0.2, 0) is 4.74 Å². The largest absolute Gasteiger partial charge is 0.369 e. The van der Waals surface area contributed by atoms with Gasteiger partial charge in [-0.25, -0.2) is 0 Å². The van der Waals surface area contributed by atoms with Gasteiger partial charge >= 0.3 is 0 Å². The van der Waals surface area contributed by atoms with Crippen LogP contribution >= 0.6 is 46.4 Å². The van der Waals surface area contributed by atoms with Gasteiger partial charge in [0.15, 0.2) is 0 Å². The van der Waals surface area contributed by atoms with E-state index in [1.54, 1.807) is 24.3 Å². The Morgan fingerprint density at radius 1 is 0.800 bits per heavy atom. The quantitative estimate of drug-likeness (QED) is 0.618. The minimum Gasteiger partial charge on any atom is -0.369 e. The predicted octanol–water partition coefficient (Wildman–Crippen LogP) is 6.43. The Labute approximate surface area is 138 Å². The smallest absolute Gasteiger partial charge is 0.108 e. The van der Waals surface area contributed by atoms with Gasteiger partial charge < -0.3 is 4.74 Å². The molecule has 0 saturated heterocycles. The SMILES string of the molecule is CCOC(c1ccc(Cl)c(Cl)c1)c1ccc(Cl)c(Cl)c1. The number of ether oxygens (including phenoxy) is 1. The van der Waals surface area contributed by atoms with Crippen LogP contribution in [0.15, 0.2) is 36.4 Å². The molecule has 0 aliphatic rings. The zero-order valence-electron chi connectivity index (χ0n) is 10.7. The van der Waals surface area contributed by atoms with Crippen LogP contribution in [0.3, 0.4) is 0 Å². The molecule has 1 nitrogen and oxygen atoms in total. The Hall–Kier alpha value is -0.440. The van der Waals surface area contributed by atoms with Gasteiger partial charge in [-0.3, -0.25) is 0 Å². The van der Waals surface area contributed by atoms with E-state index < -0.39 is 0 Å². The van der Waals surface area contributed by atoms with E-state index in [-0.39, 0.29) is 6.10 Å². The Morgan fingerprint density at radius 2 is 1.25 bits per heavy atom. The van der Waals surface area contributed by atoms with Gasteiger partial charge in [0.05, 0.1) is 20.1 Å². The van der Waals surface area contributed by atoms with E-state index in [9.17, 15) is 0 Å². The summed E-state index contributed by atoms with van der Waals surface area (Å²) in [4.78, 5) is 0. The second kappa shape index (κ2) is 7.02. The Morgan fingerprint density at radius 3 is 1.60 bits per heavy atom. The molecule has 0 N–H and O–H groups in total. The third-order valence-electron chi connectivity index (χ3n) is 2.83. The molecule has 0 bridgehead atoms. The van der Waals surface area contributed by atoms with Crippen LogP contribution in [0.1, 0.15) is 24.2 Å². The summed E-state index contributed by atoms with van der Waals surface area (Å²) in [5.41, 5.74) is 1.83. The van der Waals surface area contributed by atoms with Crippen LogP contribution in [0.2, 0.25) is 20.1 Å². The summed E-state index contributed by atoms with van der Waals surface area (Å²) < 4.78 is 5.80. The molecule has 2 aromatic rings. The molecule has 20 heavy (non-hydrogen) atoms. The molecule has 0 aliphatic heterocycles. The van der Waals surface area contributed by atoms with Crippen molar-refractivity contribution in [3.63, 3.8) is 0 Å². The standard InChI is InChI=1S/C15H12Cl4O/c1-2-20-15(9-3-5-11(16)13(18)7-9)10-4-6-12(17)14(19)8-10/h3-8,15H,2H2,1H3. The van der Waals surface area contributed by atoms with Crippen molar-refractivity contribution in [2.24, 2.45) is 0 Å². The first kappa shape index (κ1) is 15.9. The summed E-state index contributed by atoms with van der Waals surface area (Å²) >= 11 is 24.0. The van der Waals surface area contributed by atoms with E-state index in [2.05, 4.69) is 0 Å². The molecule has 0 fully saturated rings. The summed E-state index contributed by atoms with van der Waals surface area (Å²) in [5.74, 6) is 0. The highest BCUT2D eigenvalue weighted by molar-refractivity contribution is 6.42. The summed E-state index contributed by atoms with van der Waals surface area (Å²) in [6.07, 6.45) is -0.260. The second-order valence-electron chi connectivity index (χ2n) is 4.18. The Balaban J connectivity index is 2.44. The lowest BCUT2D eigenvalue weighted by molar-refractivity contribution is 0.0914. The first-order valence-corrected chi connectivity index (χ1v) is 7.55. The van der Waals surface area contributed by atoms with Gasteiger partial charge in [-0.05, 0) is 42.3 Å². The van der Waals surface area contributed by atoms with Crippen molar-refractivity contribution >= 4 is 46.4 Å². The molecule has 106 valence electrons. The first-order chi connectivity index (χ1) is 9.52. The molecule has 0 heterocycles. The number of hydrogen-bond acceptors (Lipinski definition) is 1. The zero-order chi connectivity index (χ0) is 14.7. The molecule has 0 aliphatic carbocycles. The van der Waals surface area contributed by atoms with Gasteiger partial charge in [-0.1, -0.05) is 58.5 Å². The minimum atomic E-state index is -0.260. The molecular formula is C15H12Cl4O. The van der Waals surface area contributed by atoms with Crippen molar-refractivity contribution < 1.29 is 4.74 Å². The maximum atomic E-state index is 6.07. The van der Waals surface area contributed by atoms with Gasteiger partial charge in [-0.15, -0.1) is 0 Å². The molecule has 0 spiro atoms. The average molecular weight is 350 g/mol. The summed E-state index contributed by atoms with van der Waals surface area (Å²) in [6, 6.07) is 10.9. The topological polar surface area (TPSA) is 9.23 Å². The number of halogens is 4. The third kappa shape index (κ3) is 3.60. The highest BCUT2D eigenvalue weighted by Crippen LogP contribution is 2.33. The molecule has 0 amide bonds. The number of benzene rings is 2. The lowest BCUT2D eigenvalue weighted by Gasteiger charge is -2.19. The van der Waals surface area contributed by atoms with Crippen LogP contribution < -0.4 is 0 Å². The van der Waals surface area contributed by atoms with Gasteiger partial charge in [0.25, 0.3) is 0 Å². The van der Waals surface area contributed by atoms with E-state index in [1.165, 1.54) is 0 Å². The lowest BCUT2D eigenvalue weighted by Crippen LogP contribution is -2.06. The van der Waals surface area contributed by atoms with Gasteiger partial charge in [-0.2, -0.15) is 0 Å². The molecule has 2 aromatic carbocycles. The van der Waals surface area contributed by atoms with Crippen molar-refractivity contribution in [1.82, 2.24) is 0 Å².